The van der Waals surface area contributed by atoms with Crippen molar-refractivity contribution in [3.05, 3.63) is 47.0 Å². The molecule has 6 nitrogen and oxygen atoms in total. The van der Waals surface area contributed by atoms with E-state index in [4.69, 9.17) is 14.7 Å². The van der Waals surface area contributed by atoms with Gasteiger partial charge in [-0.2, -0.15) is 5.26 Å². The van der Waals surface area contributed by atoms with E-state index in [9.17, 15) is 4.79 Å². The summed E-state index contributed by atoms with van der Waals surface area (Å²) in [4.78, 5) is 16.6. The fourth-order valence-electron chi connectivity index (χ4n) is 2.42. The molecule has 0 saturated heterocycles. The van der Waals surface area contributed by atoms with Gasteiger partial charge in [-0.15, -0.1) is 11.3 Å². The average Bonchev–Trinajstić information content (AvgIpc) is 3.00. The van der Waals surface area contributed by atoms with Gasteiger partial charge in [-0.3, -0.25) is 4.79 Å². The maximum atomic E-state index is 12.2. The van der Waals surface area contributed by atoms with Crippen molar-refractivity contribution in [1.82, 2.24) is 4.98 Å². The van der Waals surface area contributed by atoms with Crippen LogP contribution in [0.1, 0.15) is 17.5 Å². The molecule has 26 heavy (non-hydrogen) atoms. The van der Waals surface area contributed by atoms with Crippen molar-refractivity contribution in [3.8, 4) is 17.6 Å². The predicted molar refractivity (Wildman–Crippen MR) is 101 cm³/mol. The second kappa shape index (κ2) is 7.85. The highest BCUT2D eigenvalue weighted by Gasteiger charge is 2.10. The van der Waals surface area contributed by atoms with E-state index >= 15 is 0 Å². The zero-order valence-corrected chi connectivity index (χ0v) is 15.2. The maximum absolute atomic E-state index is 12.2. The highest BCUT2D eigenvalue weighted by Crippen LogP contribution is 2.28. The third-order valence-electron chi connectivity index (χ3n) is 3.51. The van der Waals surface area contributed by atoms with Crippen LogP contribution < -0.4 is 14.8 Å². The maximum Gasteiger partial charge on any atom is 0.262 e. The van der Waals surface area contributed by atoms with E-state index in [1.807, 2.05) is 38.1 Å². The van der Waals surface area contributed by atoms with Crippen LogP contribution in [-0.4, -0.2) is 24.1 Å². The number of thiazole rings is 1. The molecule has 0 fully saturated rings. The Hall–Kier alpha value is -3.11. The first-order valence-electron chi connectivity index (χ1n) is 8.06. The molecule has 0 unspecified atom stereocenters. The normalized spacial score (nSPS) is 10.3. The summed E-state index contributed by atoms with van der Waals surface area (Å²) in [5.41, 5.74) is 2.08. The molecule has 0 aliphatic rings. The number of nitriles is 1. The number of aryl methyl sites for hydroxylation is 1. The molecule has 2 aromatic carbocycles. The molecule has 0 bridgehead atoms. The number of carbonyl (C=O) groups excluding carboxylic acids is 1. The Morgan fingerprint density at radius 3 is 2.85 bits per heavy atom. The van der Waals surface area contributed by atoms with E-state index < -0.39 is 0 Å². The standard InChI is InChI=1S/C19H17N3O3S/c1-3-24-17-8-13(10-20)4-7-16(17)25-11-19(23)22-14-5-6-15-18(9-14)26-12(2)21-15/h4-9H,3,11H2,1-2H3,(H,22,23). The molecule has 132 valence electrons. The van der Waals surface area contributed by atoms with Crippen LogP contribution in [0, 0.1) is 18.3 Å². The number of aromatic nitrogens is 1. The number of amides is 1. The van der Waals surface area contributed by atoms with Gasteiger partial charge in [0, 0.05) is 11.8 Å². The monoisotopic (exact) mass is 367 g/mol. The molecule has 7 heteroatoms. The van der Waals surface area contributed by atoms with Gasteiger partial charge in [0.15, 0.2) is 18.1 Å². The van der Waals surface area contributed by atoms with Gasteiger partial charge >= 0.3 is 0 Å². The Morgan fingerprint density at radius 1 is 1.23 bits per heavy atom. The molecule has 0 radical (unpaired) electrons. The molecule has 3 aromatic rings. The second-order valence-corrected chi connectivity index (χ2v) is 6.69. The first-order valence-corrected chi connectivity index (χ1v) is 8.87. The van der Waals surface area contributed by atoms with Crippen molar-refractivity contribution < 1.29 is 14.3 Å². The molecule has 0 saturated carbocycles. The molecule has 1 aromatic heterocycles. The first-order chi connectivity index (χ1) is 12.6. The van der Waals surface area contributed by atoms with Crippen LogP contribution in [0.25, 0.3) is 10.2 Å². The topological polar surface area (TPSA) is 84.2 Å². The van der Waals surface area contributed by atoms with Gasteiger partial charge in [0.2, 0.25) is 0 Å². The molecule has 1 N–H and O–H groups in total. The molecule has 0 atom stereocenters. The Kier molecular flexibility index (Phi) is 5.34. The van der Waals surface area contributed by atoms with Gasteiger partial charge in [0.05, 0.1) is 33.5 Å². The van der Waals surface area contributed by atoms with E-state index in [0.29, 0.717) is 29.4 Å². The van der Waals surface area contributed by atoms with E-state index in [1.165, 1.54) is 0 Å². The third kappa shape index (κ3) is 4.10. The van der Waals surface area contributed by atoms with Crippen molar-refractivity contribution in [2.24, 2.45) is 0 Å². The number of anilines is 1. The summed E-state index contributed by atoms with van der Waals surface area (Å²) in [7, 11) is 0. The van der Waals surface area contributed by atoms with Gasteiger partial charge in [0.1, 0.15) is 0 Å². The lowest BCUT2D eigenvalue weighted by atomic mass is 10.2. The lowest BCUT2D eigenvalue weighted by molar-refractivity contribution is -0.118. The van der Waals surface area contributed by atoms with Crippen molar-refractivity contribution >= 4 is 33.1 Å². The third-order valence-corrected chi connectivity index (χ3v) is 4.44. The Labute approximate surface area is 155 Å². The summed E-state index contributed by atoms with van der Waals surface area (Å²) >= 11 is 1.58. The molecule has 1 amide bonds. The number of carbonyl (C=O) groups is 1. The van der Waals surface area contributed by atoms with Crippen LogP contribution in [0.2, 0.25) is 0 Å². The Balaban J connectivity index is 1.65. The van der Waals surface area contributed by atoms with Crippen LogP contribution in [0.4, 0.5) is 5.69 Å². The van der Waals surface area contributed by atoms with Crippen molar-refractivity contribution in [2.75, 3.05) is 18.5 Å². The smallest absolute Gasteiger partial charge is 0.262 e. The minimum Gasteiger partial charge on any atom is -0.490 e. The number of nitrogens with zero attached hydrogens (tertiary/aromatic N) is 2. The molecular weight excluding hydrogens is 350 g/mol. The number of hydrogen-bond donors (Lipinski definition) is 1. The molecule has 0 spiro atoms. The molecule has 3 rings (SSSR count). The first kappa shape index (κ1) is 17.7. The Bertz CT molecular complexity index is 991. The molecule has 0 aliphatic heterocycles. The average molecular weight is 367 g/mol. The largest absolute Gasteiger partial charge is 0.490 e. The highest BCUT2D eigenvalue weighted by molar-refractivity contribution is 7.18. The van der Waals surface area contributed by atoms with Gasteiger partial charge < -0.3 is 14.8 Å². The summed E-state index contributed by atoms with van der Waals surface area (Å²) in [6.07, 6.45) is 0. The summed E-state index contributed by atoms with van der Waals surface area (Å²) in [5, 5.41) is 12.8. The van der Waals surface area contributed by atoms with E-state index in [-0.39, 0.29) is 12.5 Å². The van der Waals surface area contributed by atoms with Crippen molar-refractivity contribution in [3.63, 3.8) is 0 Å². The molecule has 0 aliphatic carbocycles. The number of nitrogens with one attached hydrogen (secondary N) is 1. The molecule has 1 heterocycles. The lowest BCUT2D eigenvalue weighted by Crippen LogP contribution is -2.20. The van der Waals surface area contributed by atoms with Gasteiger partial charge in [-0.25, -0.2) is 4.98 Å². The van der Waals surface area contributed by atoms with Crippen LogP contribution >= 0.6 is 11.3 Å². The minimum atomic E-state index is -0.280. The summed E-state index contributed by atoms with van der Waals surface area (Å²) in [6, 6.07) is 12.5. The fraction of sp³-hybridized carbons (Fsp3) is 0.211. The predicted octanol–water partition coefficient (Wildman–Crippen LogP) is 3.89. The Morgan fingerprint density at radius 2 is 2.08 bits per heavy atom. The summed E-state index contributed by atoms with van der Waals surface area (Å²) < 4.78 is 12.0. The van der Waals surface area contributed by atoms with Crippen LogP contribution in [0.3, 0.4) is 0 Å². The zero-order chi connectivity index (χ0) is 18.5. The number of ether oxygens (including phenoxy) is 2. The minimum absolute atomic E-state index is 0.161. The van der Waals surface area contributed by atoms with Crippen LogP contribution in [0.5, 0.6) is 11.5 Å². The van der Waals surface area contributed by atoms with Gasteiger partial charge in [-0.05, 0) is 44.2 Å². The zero-order valence-electron chi connectivity index (χ0n) is 14.4. The summed E-state index contributed by atoms with van der Waals surface area (Å²) in [6.45, 7) is 4.06. The highest BCUT2D eigenvalue weighted by atomic mass is 32.1. The van der Waals surface area contributed by atoms with E-state index in [0.717, 1.165) is 15.2 Å². The number of hydrogen-bond acceptors (Lipinski definition) is 6. The fourth-order valence-corrected chi connectivity index (χ4v) is 3.29. The van der Waals surface area contributed by atoms with E-state index in [1.54, 1.807) is 29.5 Å². The van der Waals surface area contributed by atoms with Crippen molar-refractivity contribution in [1.29, 1.82) is 5.26 Å². The lowest BCUT2D eigenvalue weighted by Gasteiger charge is -2.12. The van der Waals surface area contributed by atoms with Gasteiger partial charge in [-0.1, -0.05) is 0 Å². The van der Waals surface area contributed by atoms with Crippen molar-refractivity contribution in [2.45, 2.75) is 13.8 Å². The van der Waals surface area contributed by atoms with E-state index in [2.05, 4.69) is 10.3 Å². The number of benzene rings is 2. The molecular formula is C19H17N3O3S. The van der Waals surface area contributed by atoms with Gasteiger partial charge in [0.25, 0.3) is 5.91 Å². The summed E-state index contributed by atoms with van der Waals surface area (Å²) in [5.74, 6) is 0.591. The van der Waals surface area contributed by atoms with Crippen LogP contribution in [0.15, 0.2) is 36.4 Å². The van der Waals surface area contributed by atoms with Crippen LogP contribution in [-0.2, 0) is 4.79 Å². The second-order valence-electron chi connectivity index (χ2n) is 5.46. The SMILES string of the molecule is CCOc1cc(C#N)ccc1OCC(=O)Nc1ccc2nc(C)sc2c1. The number of rotatable bonds is 6. The number of fused-ring (bicyclic) bond motifs is 1. The quantitative estimate of drug-likeness (QED) is 0.714.